The van der Waals surface area contributed by atoms with Crippen molar-refractivity contribution in [2.45, 2.75) is 13.8 Å². The molecule has 0 fully saturated rings. The maximum atomic E-state index is 6.13. The third-order valence-electron chi connectivity index (χ3n) is 2.71. The molecule has 5 heteroatoms. The molecule has 94 valence electrons. The van der Waals surface area contributed by atoms with Crippen molar-refractivity contribution in [1.82, 2.24) is 9.97 Å². The summed E-state index contributed by atoms with van der Waals surface area (Å²) in [5.74, 6) is 0.895. The molecule has 0 unspecified atom stereocenters. The fraction of sp³-hybridized carbons (Fsp3) is 0.231. The van der Waals surface area contributed by atoms with E-state index in [2.05, 4.69) is 42.0 Å². The van der Waals surface area contributed by atoms with E-state index in [9.17, 15) is 0 Å². The lowest BCUT2D eigenvalue weighted by Gasteiger charge is -2.20. The number of rotatable bonds is 2. The molecule has 0 radical (unpaired) electrons. The highest BCUT2D eigenvalue weighted by Gasteiger charge is 2.13. The second-order valence-electron chi connectivity index (χ2n) is 4.30. The molecule has 1 aromatic carbocycles. The molecule has 0 amide bonds. The summed E-state index contributed by atoms with van der Waals surface area (Å²) in [6, 6.07) is 6.26. The Kier molecular flexibility index (Phi) is 3.39. The Bertz CT molecular complexity index is 563. The van der Waals surface area contributed by atoms with Gasteiger partial charge in [0, 0.05) is 12.7 Å². The van der Waals surface area contributed by atoms with E-state index < -0.39 is 0 Å². The molecule has 0 aliphatic heterocycles. The van der Waals surface area contributed by atoms with E-state index in [4.69, 9.17) is 17.3 Å². The van der Waals surface area contributed by atoms with Gasteiger partial charge in [0.05, 0.1) is 0 Å². The van der Waals surface area contributed by atoms with Crippen LogP contribution in [0.15, 0.2) is 24.5 Å². The van der Waals surface area contributed by atoms with E-state index in [1.807, 2.05) is 11.9 Å². The number of hydrogen-bond acceptors (Lipinski definition) is 4. The summed E-state index contributed by atoms with van der Waals surface area (Å²) in [7, 11) is 1.90. The number of benzene rings is 1. The Morgan fingerprint density at radius 2 is 1.72 bits per heavy atom. The van der Waals surface area contributed by atoms with E-state index in [0.717, 1.165) is 5.69 Å². The molecule has 1 heterocycles. The van der Waals surface area contributed by atoms with Gasteiger partial charge in [-0.3, -0.25) is 0 Å². The average Bonchev–Trinajstić information content (AvgIpc) is 2.30. The standard InChI is InChI=1S/C13H15ClN4/c1-8-4-9(2)6-10(5-8)18(3)13-11(14)12(15)16-7-17-13/h4-7H,1-3H3,(H2,15,16,17). The van der Waals surface area contributed by atoms with Crippen LogP contribution in [0.1, 0.15) is 11.1 Å². The molecule has 0 saturated heterocycles. The Labute approximate surface area is 111 Å². The zero-order chi connectivity index (χ0) is 13.3. The summed E-state index contributed by atoms with van der Waals surface area (Å²) in [6.45, 7) is 4.11. The van der Waals surface area contributed by atoms with E-state index in [1.165, 1.54) is 17.5 Å². The first kappa shape index (κ1) is 12.6. The van der Waals surface area contributed by atoms with Gasteiger partial charge in [-0.25, -0.2) is 9.97 Å². The number of nitrogens with two attached hydrogens (primary N) is 1. The summed E-state index contributed by atoms with van der Waals surface area (Å²) in [4.78, 5) is 9.94. The van der Waals surface area contributed by atoms with Crippen LogP contribution in [0.3, 0.4) is 0 Å². The molecule has 0 atom stereocenters. The quantitative estimate of drug-likeness (QED) is 0.904. The largest absolute Gasteiger partial charge is 0.382 e. The molecule has 1 aromatic heterocycles. The minimum Gasteiger partial charge on any atom is -0.382 e. The molecule has 0 saturated carbocycles. The van der Waals surface area contributed by atoms with Crippen molar-refractivity contribution >= 4 is 28.9 Å². The van der Waals surface area contributed by atoms with E-state index in [1.54, 1.807) is 0 Å². The van der Waals surface area contributed by atoms with Crippen LogP contribution in [0.5, 0.6) is 0 Å². The van der Waals surface area contributed by atoms with Gasteiger partial charge in [-0.1, -0.05) is 17.7 Å². The van der Waals surface area contributed by atoms with Crippen molar-refractivity contribution in [2.75, 3.05) is 17.7 Å². The Morgan fingerprint density at radius 3 is 2.33 bits per heavy atom. The summed E-state index contributed by atoms with van der Waals surface area (Å²) < 4.78 is 0. The molecule has 2 aromatic rings. The van der Waals surface area contributed by atoms with Crippen LogP contribution in [0, 0.1) is 13.8 Å². The molecule has 0 aliphatic rings. The second-order valence-corrected chi connectivity index (χ2v) is 4.68. The zero-order valence-corrected chi connectivity index (χ0v) is 11.4. The molecule has 0 spiro atoms. The molecular weight excluding hydrogens is 248 g/mol. The van der Waals surface area contributed by atoms with E-state index >= 15 is 0 Å². The van der Waals surface area contributed by atoms with Crippen molar-refractivity contribution in [3.8, 4) is 0 Å². The van der Waals surface area contributed by atoms with Gasteiger partial charge >= 0.3 is 0 Å². The molecule has 0 aliphatic carbocycles. The van der Waals surface area contributed by atoms with Gasteiger partial charge in [0.1, 0.15) is 17.2 Å². The first-order chi connectivity index (χ1) is 8.49. The Balaban J connectivity index is 2.47. The number of nitrogen functional groups attached to an aromatic ring is 1. The molecule has 2 N–H and O–H groups in total. The maximum absolute atomic E-state index is 6.13. The highest BCUT2D eigenvalue weighted by Crippen LogP contribution is 2.31. The van der Waals surface area contributed by atoms with Gasteiger partial charge in [0.25, 0.3) is 0 Å². The van der Waals surface area contributed by atoms with Crippen LogP contribution < -0.4 is 10.6 Å². The number of aromatic nitrogens is 2. The predicted octanol–water partition coefficient (Wildman–Crippen LogP) is 3.10. The second kappa shape index (κ2) is 4.82. The minimum absolute atomic E-state index is 0.290. The lowest BCUT2D eigenvalue weighted by molar-refractivity contribution is 1.08. The van der Waals surface area contributed by atoms with Crippen LogP contribution in [-0.4, -0.2) is 17.0 Å². The molecule has 2 rings (SSSR count). The van der Waals surface area contributed by atoms with Crippen molar-refractivity contribution < 1.29 is 0 Å². The van der Waals surface area contributed by atoms with Gasteiger partial charge in [-0.05, 0) is 37.1 Å². The molecule has 0 bridgehead atoms. The van der Waals surface area contributed by atoms with Crippen molar-refractivity contribution in [3.05, 3.63) is 40.7 Å². The lowest BCUT2D eigenvalue weighted by atomic mass is 10.1. The molecular formula is C13H15ClN4. The SMILES string of the molecule is Cc1cc(C)cc(N(C)c2ncnc(N)c2Cl)c1. The monoisotopic (exact) mass is 262 g/mol. The fourth-order valence-corrected chi connectivity index (χ4v) is 2.10. The van der Waals surface area contributed by atoms with Crippen molar-refractivity contribution in [3.63, 3.8) is 0 Å². The minimum atomic E-state index is 0.290. The highest BCUT2D eigenvalue weighted by molar-refractivity contribution is 6.35. The molecule has 4 nitrogen and oxygen atoms in total. The van der Waals surface area contributed by atoms with Gasteiger partial charge in [-0.2, -0.15) is 0 Å². The van der Waals surface area contributed by atoms with Gasteiger partial charge in [0.15, 0.2) is 5.82 Å². The Hall–Kier alpha value is -1.81. The van der Waals surface area contributed by atoms with Crippen LogP contribution in [0.25, 0.3) is 0 Å². The molecule has 18 heavy (non-hydrogen) atoms. The Morgan fingerprint density at radius 1 is 1.11 bits per heavy atom. The van der Waals surface area contributed by atoms with Crippen molar-refractivity contribution in [2.24, 2.45) is 0 Å². The number of nitrogens with zero attached hydrogens (tertiary/aromatic N) is 3. The summed E-state index contributed by atoms with van der Waals surface area (Å²) in [5.41, 5.74) is 9.09. The van der Waals surface area contributed by atoms with Gasteiger partial charge < -0.3 is 10.6 Å². The van der Waals surface area contributed by atoms with E-state index in [0.29, 0.717) is 10.8 Å². The summed E-state index contributed by atoms with van der Waals surface area (Å²) >= 11 is 6.13. The van der Waals surface area contributed by atoms with Crippen LogP contribution in [0.4, 0.5) is 17.3 Å². The summed E-state index contributed by atoms with van der Waals surface area (Å²) in [6.07, 6.45) is 1.41. The first-order valence-corrected chi connectivity index (χ1v) is 5.95. The third kappa shape index (κ3) is 2.38. The number of hydrogen-bond donors (Lipinski definition) is 1. The lowest BCUT2D eigenvalue weighted by Crippen LogP contribution is -2.13. The van der Waals surface area contributed by atoms with Gasteiger partial charge in [0.2, 0.25) is 0 Å². The number of aryl methyl sites for hydroxylation is 2. The summed E-state index contributed by atoms with van der Waals surface area (Å²) in [5, 5.41) is 0.374. The zero-order valence-electron chi connectivity index (χ0n) is 10.6. The van der Waals surface area contributed by atoms with Crippen molar-refractivity contribution in [1.29, 1.82) is 0 Å². The van der Waals surface area contributed by atoms with E-state index in [-0.39, 0.29) is 5.82 Å². The normalized spacial score (nSPS) is 10.4. The number of anilines is 3. The third-order valence-corrected chi connectivity index (χ3v) is 3.07. The first-order valence-electron chi connectivity index (χ1n) is 5.57. The topological polar surface area (TPSA) is 55.0 Å². The van der Waals surface area contributed by atoms with Crippen LogP contribution >= 0.6 is 11.6 Å². The predicted molar refractivity (Wildman–Crippen MR) is 75.4 cm³/mol. The highest BCUT2D eigenvalue weighted by atomic mass is 35.5. The fourth-order valence-electron chi connectivity index (χ4n) is 1.87. The van der Waals surface area contributed by atoms with Gasteiger partial charge in [-0.15, -0.1) is 0 Å². The maximum Gasteiger partial charge on any atom is 0.157 e. The van der Waals surface area contributed by atoms with Crippen LogP contribution in [0.2, 0.25) is 5.02 Å². The van der Waals surface area contributed by atoms with Crippen LogP contribution in [-0.2, 0) is 0 Å². The number of halogens is 1. The smallest absolute Gasteiger partial charge is 0.157 e. The average molecular weight is 263 g/mol.